The number of carbonyl (C=O) groups is 3. The van der Waals surface area contributed by atoms with E-state index in [1.54, 1.807) is 20.8 Å². The highest BCUT2D eigenvalue weighted by atomic mass is 16.5. The lowest BCUT2D eigenvalue weighted by Gasteiger charge is -2.44. The number of carbonyl (C=O) groups excluding carboxylic acids is 2. The highest BCUT2D eigenvalue weighted by Crippen LogP contribution is 2.44. The van der Waals surface area contributed by atoms with E-state index in [4.69, 9.17) is 4.74 Å². The molecular formula is C28H34N2O5. The van der Waals surface area contributed by atoms with Gasteiger partial charge in [0.1, 0.15) is 18.7 Å². The highest BCUT2D eigenvalue weighted by Gasteiger charge is 2.46. The molecule has 2 amide bonds. The summed E-state index contributed by atoms with van der Waals surface area (Å²) in [5.41, 5.74) is 2.65. The van der Waals surface area contributed by atoms with Crippen molar-refractivity contribution in [3.05, 3.63) is 59.7 Å². The van der Waals surface area contributed by atoms with Gasteiger partial charge in [-0.15, -0.1) is 0 Å². The van der Waals surface area contributed by atoms with E-state index in [0.29, 0.717) is 12.8 Å². The van der Waals surface area contributed by atoms with Gasteiger partial charge in [0.25, 0.3) is 0 Å². The SMILES string of the molecule is CC(C)(C)N(CC(=O)O)C(=O)C1(NC(=O)OCC2c3ccccc3-c3ccccc32)CCCCC1. The van der Waals surface area contributed by atoms with Gasteiger partial charge in [-0.2, -0.15) is 0 Å². The smallest absolute Gasteiger partial charge is 0.408 e. The fraction of sp³-hybridized carbons (Fsp3) is 0.464. The first-order valence-corrected chi connectivity index (χ1v) is 12.3. The Morgan fingerprint density at radius 2 is 1.51 bits per heavy atom. The number of ether oxygens (including phenoxy) is 1. The number of alkyl carbamates (subject to hydrolysis) is 1. The molecule has 0 saturated heterocycles. The van der Waals surface area contributed by atoms with Crippen LogP contribution in [-0.4, -0.2) is 52.2 Å². The van der Waals surface area contributed by atoms with Crippen molar-refractivity contribution in [2.45, 2.75) is 69.9 Å². The Balaban J connectivity index is 1.52. The summed E-state index contributed by atoms with van der Waals surface area (Å²) in [6.07, 6.45) is 2.80. The first-order valence-electron chi connectivity index (χ1n) is 12.3. The van der Waals surface area contributed by atoms with Crippen molar-refractivity contribution < 1.29 is 24.2 Å². The van der Waals surface area contributed by atoms with Crippen LogP contribution in [0.15, 0.2) is 48.5 Å². The van der Waals surface area contributed by atoms with Gasteiger partial charge < -0.3 is 20.1 Å². The molecule has 0 radical (unpaired) electrons. The second kappa shape index (κ2) is 9.72. The van der Waals surface area contributed by atoms with Crippen LogP contribution in [0.4, 0.5) is 4.79 Å². The van der Waals surface area contributed by atoms with Gasteiger partial charge in [0.05, 0.1) is 0 Å². The lowest BCUT2D eigenvalue weighted by atomic mass is 9.79. The molecule has 0 bridgehead atoms. The number of amides is 2. The largest absolute Gasteiger partial charge is 0.480 e. The minimum absolute atomic E-state index is 0.0794. The zero-order chi connectivity index (χ0) is 25.2. The summed E-state index contributed by atoms with van der Waals surface area (Å²) in [7, 11) is 0. The summed E-state index contributed by atoms with van der Waals surface area (Å²) in [6, 6.07) is 16.2. The molecule has 0 aromatic heterocycles. The van der Waals surface area contributed by atoms with Gasteiger partial charge in [0, 0.05) is 11.5 Å². The van der Waals surface area contributed by atoms with Crippen molar-refractivity contribution in [2.75, 3.05) is 13.2 Å². The van der Waals surface area contributed by atoms with Crippen LogP contribution in [0.25, 0.3) is 11.1 Å². The van der Waals surface area contributed by atoms with Gasteiger partial charge in [0.15, 0.2) is 0 Å². The van der Waals surface area contributed by atoms with Crippen LogP contribution < -0.4 is 5.32 Å². The van der Waals surface area contributed by atoms with E-state index in [2.05, 4.69) is 29.6 Å². The molecule has 0 aliphatic heterocycles. The highest BCUT2D eigenvalue weighted by molar-refractivity contribution is 5.92. The Morgan fingerprint density at radius 3 is 2.03 bits per heavy atom. The third-order valence-electron chi connectivity index (χ3n) is 7.15. The number of nitrogens with zero attached hydrogens (tertiary/aromatic N) is 1. The van der Waals surface area contributed by atoms with Crippen LogP contribution in [0.2, 0.25) is 0 Å². The molecule has 4 rings (SSSR count). The van der Waals surface area contributed by atoms with E-state index in [9.17, 15) is 19.5 Å². The summed E-state index contributed by atoms with van der Waals surface area (Å²) in [5.74, 6) is -1.52. The van der Waals surface area contributed by atoms with E-state index in [1.165, 1.54) is 4.90 Å². The number of hydrogen-bond acceptors (Lipinski definition) is 4. The minimum Gasteiger partial charge on any atom is -0.480 e. The molecule has 2 aromatic rings. The van der Waals surface area contributed by atoms with Crippen molar-refractivity contribution in [3.63, 3.8) is 0 Å². The first-order chi connectivity index (χ1) is 16.6. The molecule has 2 aromatic carbocycles. The number of fused-ring (bicyclic) bond motifs is 3. The molecule has 0 atom stereocenters. The normalized spacial score (nSPS) is 16.7. The molecule has 2 aliphatic rings. The number of hydrogen-bond donors (Lipinski definition) is 2. The quantitative estimate of drug-likeness (QED) is 0.613. The molecule has 1 saturated carbocycles. The third-order valence-corrected chi connectivity index (χ3v) is 7.15. The van der Waals surface area contributed by atoms with Gasteiger partial charge in [-0.25, -0.2) is 4.79 Å². The summed E-state index contributed by atoms with van der Waals surface area (Å²) >= 11 is 0. The summed E-state index contributed by atoms with van der Waals surface area (Å²) in [4.78, 5) is 39.7. The predicted molar refractivity (Wildman–Crippen MR) is 133 cm³/mol. The van der Waals surface area contributed by atoms with Gasteiger partial charge in [-0.05, 0) is 55.9 Å². The summed E-state index contributed by atoms with van der Waals surface area (Å²) < 4.78 is 5.73. The monoisotopic (exact) mass is 478 g/mol. The van der Waals surface area contributed by atoms with E-state index in [-0.39, 0.29) is 18.4 Å². The van der Waals surface area contributed by atoms with Crippen molar-refractivity contribution in [1.82, 2.24) is 10.2 Å². The van der Waals surface area contributed by atoms with Gasteiger partial charge in [-0.3, -0.25) is 9.59 Å². The average Bonchev–Trinajstić information content (AvgIpc) is 3.14. The molecule has 0 spiro atoms. The molecule has 7 heteroatoms. The lowest BCUT2D eigenvalue weighted by molar-refractivity contribution is -0.153. The lowest BCUT2D eigenvalue weighted by Crippen LogP contribution is -2.64. The third kappa shape index (κ3) is 5.04. The van der Waals surface area contributed by atoms with E-state index in [0.717, 1.165) is 41.5 Å². The van der Waals surface area contributed by atoms with Crippen LogP contribution in [0.1, 0.15) is 69.9 Å². The molecular weight excluding hydrogens is 444 g/mol. The van der Waals surface area contributed by atoms with Crippen LogP contribution in [0.3, 0.4) is 0 Å². The summed E-state index contributed by atoms with van der Waals surface area (Å²) in [5, 5.41) is 12.3. The molecule has 2 aliphatic carbocycles. The van der Waals surface area contributed by atoms with Gasteiger partial charge in [-0.1, -0.05) is 67.8 Å². The number of aliphatic carboxylic acids is 1. The van der Waals surface area contributed by atoms with E-state index < -0.39 is 29.7 Å². The molecule has 7 nitrogen and oxygen atoms in total. The fourth-order valence-electron chi connectivity index (χ4n) is 5.38. The zero-order valence-corrected chi connectivity index (χ0v) is 20.7. The van der Waals surface area contributed by atoms with Gasteiger partial charge in [0.2, 0.25) is 5.91 Å². The maximum Gasteiger partial charge on any atom is 0.408 e. The Labute approximate surface area is 206 Å². The molecule has 0 unspecified atom stereocenters. The first kappa shape index (κ1) is 24.8. The Bertz CT molecular complexity index is 1070. The number of rotatable bonds is 6. The van der Waals surface area contributed by atoms with Gasteiger partial charge >= 0.3 is 12.1 Å². The molecule has 186 valence electrons. The predicted octanol–water partition coefficient (Wildman–Crippen LogP) is 4.94. The summed E-state index contributed by atoms with van der Waals surface area (Å²) in [6.45, 7) is 5.14. The maximum atomic E-state index is 13.7. The molecule has 0 heterocycles. The van der Waals surface area contributed by atoms with Crippen LogP contribution in [-0.2, 0) is 14.3 Å². The second-order valence-electron chi connectivity index (χ2n) is 10.5. The van der Waals surface area contributed by atoms with E-state index in [1.807, 2.05) is 24.3 Å². The van der Waals surface area contributed by atoms with Crippen LogP contribution in [0.5, 0.6) is 0 Å². The average molecular weight is 479 g/mol. The van der Waals surface area contributed by atoms with Crippen LogP contribution >= 0.6 is 0 Å². The Hall–Kier alpha value is -3.35. The number of carboxylic acids is 1. The van der Waals surface area contributed by atoms with Crippen molar-refractivity contribution in [3.8, 4) is 11.1 Å². The van der Waals surface area contributed by atoms with Crippen molar-refractivity contribution in [1.29, 1.82) is 0 Å². The number of benzene rings is 2. The maximum absolute atomic E-state index is 13.7. The molecule has 2 N–H and O–H groups in total. The topological polar surface area (TPSA) is 95.9 Å². The standard InChI is InChI=1S/C28H34N2O5/c1-27(2,3)30(17-24(31)32)25(33)28(15-9-4-10-16-28)29-26(34)35-18-23-21-13-7-5-11-19(21)20-12-6-8-14-22(20)23/h5-8,11-14,23H,4,9-10,15-18H2,1-3H3,(H,29,34)(H,31,32). The number of carboxylic acid groups (broad SMARTS) is 1. The van der Waals surface area contributed by atoms with E-state index >= 15 is 0 Å². The zero-order valence-electron chi connectivity index (χ0n) is 20.7. The Kier molecular flexibility index (Phi) is 6.88. The van der Waals surface area contributed by atoms with Crippen molar-refractivity contribution >= 4 is 18.0 Å². The minimum atomic E-state index is -1.16. The van der Waals surface area contributed by atoms with Crippen LogP contribution in [0, 0.1) is 0 Å². The Morgan fingerprint density at radius 1 is 0.971 bits per heavy atom. The molecule has 1 fully saturated rings. The molecule has 35 heavy (non-hydrogen) atoms. The fourth-order valence-corrected chi connectivity index (χ4v) is 5.38. The second-order valence-corrected chi connectivity index (χ2v) is 10.5. The number of nitrogens with one attached hydrogen (secondary N) is 1. The van der Waals surface area contributed by atoms with Crippen molar-refractivity contribution in [2.24, 2.45) is 0 Å².